The van der Waals surface area contributed by atoms with E-state index in [4.69, 9.17) is 4.98 Å². The molecule has 2 aromatic heterocycles. The van der Waals surface area contributed by atoms with E-state index in [1.165, 1.54) is 0 Å². The molecule has 4 aromatic rings. The van der Waals surface area contributed by atoms with Gasteiger partial charge in [-0.25, -0.2) is 4.98 Å². The molecule has 2 amide bonds. The van der Waals surface area contributed by atoms with E-state index in [2.05, 4.69) is 31.9 Å². The van der Waals surface area contributed by atoms with Gasteiger partial charge < -0.3 is 15.5 Å². The van der Waals surface area contributed by atoms with Crippen molar-refractivity contribution < 1.29 is 9.59 Å². The summed E-state index contributed by atoms with van der Waals surface area (Å²) in [6.07, 6.45) is 2.00. The van der Waals surface area contributed by atoms with Gasteiger partial charge in [-0.3, -0.25) is 18.9 Å². The van der Waals surface area contributed by atoms with Crippen LogP contribution in [-0.2, 0) is 0 Å². The Bertz CT molecular complexity index is 1330. The second-order valence-electron chi connectivity index (χ2n) is 8.62. The summed E-state index contributed by atoms with van der Waals surface area (Å²) < 4.78 is 3.08. The van der Waals surface area contributed by atoms with Crippen LogP contribution >= 0.6 is 11.3 Å². The number of hydrogen-bond acceptors (Lipinski definition) is 6. The predicted octanol–water partition coefficient (Wildman–Crippen LogP) is 2.55. The van der Waals surface area contributed by atoms with E-state index in [0.29, 0.717) is 17.7 Å². The monoisotopic (exact) mass is 476 g/mol. The van der Waals surface area contributed by atoms with Crippen LogP contribution < -0.4 is 10.6 Å². The number of thiazole rings is 1. The second kappa shape index (κ2) is 9.54. The molecule has 2 N–H and O–H groups in total. The second-order valence-corrected chi connectivity index (χ2v) is 9.63. The lowest BCUT2D eigenvalue weighted by Crippen LogP contribution is -2.46. The lowest BCUT2D eigenvalue weighted by atomic mass is 10.1. The minimum Gasteiger partial charge on any atom is -0.355 e. The van der Waals surface area contributed by atoms with E-state index >= 15 is 0 Å². The van der Waals surface area contributed by atoms with Gasteiger partial charge in [-0.1, -0.05) is 23.5 Å². The average Bonchev–Trinajstić information content (AvgIpc) is 3.42. The topological polar surface area (TPSA) is 82.0 Å². The van der Waals surface area contributed by atoms with Crippen LogP contribution in [0.3, 0.4) is 0 Å². The fraction of sp³-hybridized carbons (Fsp3) is 0.320. The van der Waals surface area contributed by atoms with Crippen molar-refractivity contribution in [1.29, 1.82) is 0 Å². The summed E-state index contributed by atoms with van der Waals surface area (Å²) in [7, 11) is 3.76. The largest absolute Gasteiger partial charge is 0.355 e. The number of piperazine rings is 1. The number of amides is 2. The van der Waals surface area contributed by atoms with Crippen molar-refractivity contribution in [3.8, 4) is 11.3 Å². The molecule has 0 bridgehead atoms. The van der Waals surface area contributed by atoms with E-state index in [9.17, 15) is 9.59 Å². The maximum Gasteiger partial charge on any atom is 0.251 e. The highest BCUT2D eigenvalue weighted by Crippen LogP contribution is 2.30. The van der Waals surface area contributed by atoms with Crippen LogP contribution in [0.2, 0.25) is 0 Å². The fourth-order valence-corrected chi connectivity index (χ4v) is 5.27. The number of carbonyl (C=O) groups is 2. The van der Waals surface area contributed by atoms with Gasteiger partial charge in [-0.15, -0.1) is 0 Å². The molecular weight excluding hydrogens is 448 g/mol. The molecule has 1 aliphatic rings. The van der Waals surface area contributed by atoms with Gasteiger partial charge in [0.05, 0.1) is 15.9 Å². The lowest BCUT2D eigenvalue weighted by Gasteiger charge is -2.32. The minimum absolute atomic E-state index is 0.0426. The number of imidazole rings is 1. The van der Waals surface area contributed by atoms with Gasteiger partial charge in [0.15, 0.2) is 4.96 Å². The molecule has 9 heteroatoms. The number of hydrogen-bond donors (Lipinski definition) is 2. The van der Waals surface area contributed by atoms with Crippen molar-refractivity contribution in [1.82, 2.24) is 29.8 Å². The van der Waals surface area contributed by atoms with E-state index in [1.807, 2.05) is 36.5 Å². The third kappa shape index (κ3) is 4.54. The van der Waals surface area contributed by atoms with Crippen molar-refractivity contribution in [3.63, 3.8) is 0 Å². The predicted molar refractivity (Wildman–Crippen MR) is 136 cm³/mol. The summed E-state index contributed by atoms with van der Waals surface area (Å²) in [6, 6.07) is 13.2. The smallest absolute Gasteiger partial charge is 0.251 e. The first-order chi connectivity index (χ1) is 16.5. The van der Waals surface area contributed by atoms with Crippen LogP contribution in [0.25, 0.3) is 26.4 Å². The number of fused-ring (bicyclic) bond motifs is 3. The van der Waals surface area contributed by atoms with Crippen LogP contribution in [0.4, 0.5) is 0 Å². The molecule has 0 saturated carbocycles. The lowest BCUT2D eigenvalue weighted by molar-refractivity contribution is 0.0938. The van der Waals surface area contributed by atoms with E-state index in [1.54, 1.807) is 30.5 Å². The highest BCUT2D eigenvalue weighted by molar-refractivity contribution is 7.23. The number of benzene rings is 2. The van der Waals surface area contributed by atoms with Gasteiger partial charge >= 0.3 is 0 Å². The summed E-state index contributed by atoms with van der Waals surface area (Å²) in [6.45, 7) is 5.78. The molecule has 1 saturated heterocycles. The van der Waals surface area contributed by atoms with E-state index in [0.717, 1.165) is 59.2 Å². The van der Waals surface area contributed by atoms with Crippen molar-refractivity contribution >= 4 is 38.3 Å². The summed E-state index contributed by atoms with van der Waals surface area (Å²) in [5, 5.41) is 5.69. The van der Waals surface area contributed by atoms with Crippen molar-refractivity contribution in [2.75, 3.05) is 53.4 Å². The molecule has 0 radical (unpaired) electrons. The van der Waals surface area contributed by atoms with Crippen molar-refractivity contribution in [3.05, 3.63) is 59.8 Å². The van der Waals surface area contributed by atoms with E-state index in [-0.39, 0.29) is 11.8 Å². The third-order valence-corrected chi connectivity index (χ3v) is 7.35. The van der Waals surface area contributed by atoms with E-state index < -0.39 is 0 Å². The zero-order chi connectivity index (χ0) is 23.7. The Hall–Kier alpha value is -3.27. The molecule has 3 heterocycles. The molecule has 0 unspecified atom stereocenters. The number of aromatic nitrogens is 2. The molecule has 8 nitrogen and oxygen atoms in total. The molecule has 5 rings (SSSR count). The molecule has 176 valence electrons. The fourth-order valence-electron chi connectivity index (χ4n) is 4.22. The minimum atomic E-state index is -0.109. The van der Waals surface area contributed by atoms with Crippen LogP contribution in [0.1, 0.15) is 20.7 Å². The van der Waals surface area contributed by atoms with Gasteiger partial charge in [0, 0.05) is 69.2 Å². The Labute approximate surface area is 202 Å². The molecule has 0 aliphatic carbocycles. The highest BCUT2D eigenvalue weighted by atomic mass is 32.1. The van der Waals surface area contributed by atoms with Gasteiger partial charge in [0.25, 0.3) is 11.8 Å². The zero-order valence-electron chi connectivity index (χ0n) is 19.4. The quantitative estimate of drug-likeness (QED) is 0.447. The van der Waals surface area contributed by atoms with Gasteiger partial charge in [0.1, 0.15) is 0 Å². The molecule has 0 atom stereocenters. The molecule has 0 spiro atoms. The number of nitrogens with zero attached hydrogens (tertiary/aromatic N) is 4. The summed E-state index contributed by atoms with van der Waals surface area (Å²) in [4.78, 5) is 34.8. The molecule has 2 aromatic carbocycles. The Balaban J connectivity index is 1.27. The Kier molecular flexibility index (Phi) is 6.32. The van der Waals surface area contributed by atoms with Crippen LogP contribution in [-0.4, -0.2) is 84.4 Å². The standard InChI is InChI=1S/C25H28N6O2S/c1-26-23(32)18-5-3-17(4-6-18)20-16-31-21-8-7-19(15-22(21)34-25(31)28-20)24(33)27-9-10-30-13-11-29(2)12-14-30/h3-8,15-16H,9-14H2,1-2H3,(H,26,32)(H,27,33). The maximum atomic E-state index is 12.7. The number of rotatable bonds is 6. The van der Waals surface area contributed by atoms with Crippen LogP contribution in [0.15, 0.2) is 48.7 Å². The Morgan fingerprint density at radius 1 is 1.00 bits per heavy atom. The highest BCUT2D eigenvalue weighted by Gasteiger charge is 2.15. The van der Waals surface area contributed by atoms with Crippen LogP contribution in [0, 0.1) is 0 Å². The first kappa shape index (κ1) is 22.5. The normalized spacial score (nSPS) is 15.1. The number of carbonyl (C=O) groups excluding carboxylic acids is 2. The maximum absolute atomic E-state index is 12.7. The Morgan fingerprint density at radius 3 is 2.47 bits per heavy atom. The van der Waals surface area contributed by atoms with Gasteiger partial charge in [-0.2, -0.15) is 0 Å². The number of nitrogens with one attached hydrogen (secondary N) is 2. The molecular formula is C25H28N6O2S. The average molecular weight is 477 g/mol. The zero-order valence-corrected chi connectivity index (χ0v) is 20.2. The third-order valence-electron chi connectivity index (χ3n) is 6.34. The van der Waals surface area contributed by atoms with Gasteiger partial charge in [0.2, 0.25) is 0 Å². The number of likely N-dealkylation sites (N-methyl/N-ethyl adjacent to an activating group) is 1. The Morgan fingerprint density at radius 2 is 1.74 bits per heavy atom. The SMILES string of the molecule is CNC(=O)c1ccc(-c2cn3c(n2)sc2cc(C(=O)NCCN4CCN(C)CC4)ccc23)cc1. The summed E-state index contributed by atoms with van der Waals surface area (Å²) >= 11 is 1.56. The van der Waals surface area contributed by atoms with Crippen LogP contribution in [0.5, 0.6) is 0 Å². The van der Waals surface area contributed by atoms with Crippen molar-refractivity contribution in [2.45, 2.75) is 0 Å². The first-order valence-corrected chi connectivity index (χ1v) is 12.3. The van der Waals surface area contributed by atoms with Gasteiger partial charge in [-0.05, 0) is 37.4 Å². The summed E-state index contributed by atoms with van der Waals surface area (Å²) in [5.74, 6) is -0.151. The molecule has 1 aliphatic heterocycles. The summed E-state index contributed by atoms with van der Waals surface area (Å²) in [5.41, 5.74) is 4.11. The first-order valence-electron chi connectivity index (χ1n) is 11.4. The van der Waals surface area contributed by atoms with Crippen molar-refractivity contribution in [2.24, 2.45) is 0 Å². The molecule has 34 heavy (non-hydrogen) atoms. The molecule has 1 fully saturated rings.